The minimum absolute atomic E-state index is 0.00971. The zero-order valence-electron chi connectivity index (χ0n) is 14.5. The van der Waals surface area contributed by atoms with Gasteiger partial charge in [-0.3, -0.25) is 9.89 Å². The number of carbonyl (C=O) groups excluding carboxylic acids is 1. The van der Waals surface area contributed by atoms with Crippen LogP contribution in [0.4, 0.5) is 5.95 Å². The number of hydrogen-bond donors (Lipinski definition) is 3. The highest BCUT2D eigenvalue weighted by Crippen LogP contribution is 2.24. The first-order valence-corrected chi connectivity index (χ1v) is 8.99. The molecular formula is C18H18N8O. The summed E-state index contributed by atoms with van der Waals surface area (Å²) in [5.74, 6) is 1.02. The maximum Gasteiger partial charge on any atom is 0.242 e. The number of aromatic nitrogens is 6. The van der Waals surface area contributed by atoms with Gasteiger partial charge in [-0.05, 0) is 37.5 Å². The Kier molecular flexibility index (Phi) is 3.70. The van der Waals surface area contributed by atoms with Gasteiger partial charge in [0, 0.05) is 18.1 Å². The standard InChI is InChI=1S/C18H18N8O/c27-17-14(7-3-4-9-19-17)22-18-21-12-6-2-1-5-11(12)16-23-15(25-26(16)18)13-8-10-20-24-13/h1-2,5-6,8,10,14H,3-4,7,9H2,(H,19,27)(H,20,24)(H,21,22)/t14-/m1/s1. The van der Waals surface area contributed by atoms with Crippen molar-refractivity contribution in [2.45, 2.75) is 25.3 Å². The maximum absolute atomic E-state index is 12.4. The van der Waals surface area contributed by atoms with Crippen LogP contribution in [-0.4, -0.2) is 48.3 Å². The number of carbonyl (C=O) groups is 1. The number of nitrogens with zero attached hydrogens (tertiary/aromatic N) is 5. The van der Waals surface area contributed by atoms with E-state index in [9.17, 15) is 4.79 Å². The molecule has 0 aliphatic carbocycles. The van der Waals surface area contributed by atoms with Gasteiger partial charge in [-0.25, -0.2) is 9.97 Å². The highest BCUT2D eigenvalue weighted by molar-refractivity contribution is 5.93. The fraction of sp³-hybridized carbons (Fsp3) is 0.278. The van der Waals surface area contributed by atoms with Gasteiger partial charge in [0.15, 0.2) is 11.5 Å². The normalized spacial score (nSPS) is 17.8. The molecule has 0 bridgehead atoms. The molecule has 9 nitrogen and oxygen atoms in total. The van der Waals surface area contributed by atoms with E-state index >= 15 is 0 Å². The number of H-pyrrole nitrogens is 1. The van der Waals surface area contributed by atoms with Crippen LogP contribution >= 0.6 is 0 Å². The van der Waals surface area contributed by atoms with Crippen molar-refractivity contribution in [2.75, 3.05) is 11.9 Å². The van der Waals surface area contributed by atoms with E-state index in [1.165, 1.54) is 0 Å². The van der Waals surface area contributed by atoms with Crippen LogP contribution in [0.2, 0.25) is 0 Å². The molecule has 4 aromatic rings. The van der Waals surface area contributed by atoms with Gasteiger partial charge in [-0.15, -0.1) is 5.10 Å². The van der Waals surface area contributed by atoms with Crippen molar-refractivity contribution in [3.05, 3.63) is 36.5 Å². The molecule has 136 valence electrons. The van der Waals surface area contributed by atoms with Gasteiger partial charge in [-0.1, -0.05) is 12.1 Å². The summed E-state index contributed by atoms with van der Waals surface area (Å²) in [7, 11) is 0. The van der Waals surface area contributed by atoms with E-state index in [1.54, 1.807) is 10.7 Å². The van der Waals surface area contributed by atoms with Crippen molar-refractivity contribution in [3.8, 4) is 11.5 Å². The third kappa shape index (κ3) is 2.77. The number of hydrogen-bond acceptors (Lipinski definition) is 6. The predicted octanol–water partition coefficient (Wildman–Crippen LogP) is 1.75. The Hall–Kier alpha value is -3.49. The monoisotopic (exact) mass is 362 g/mol. The Morgan fingerprint density at radius 3 is 2.96 bits per heavy atom. The summed E-state index contributed by atoms with van der Waals surface area (Å²) in [6, 6.07) is 9.24. The molecule has 1 aliphatic rings. The van der Waals surface area contributed by atoms with Crippen molar-refractivity contribution < 1.29 is 4.79 Å². The number of benzene rings is 1. The van der Waals surface area contributed by atoms with Crippen LogP contribution in [0.1, 0.15) is 19.3 Å². The number of fused-ring (bicyclic) bond motifs is 3. The first-order valence-electron chi connectivity index (χ1n) is 8.99. The topological polar surface area (TPSA) is 113 Å². The van der Waals surface area contributed by atoms with Crippen LogP contribution in [0.15, 0.2) is 36.5 Å². The average molecular weight is 362 g/mol. The highest BCUT2D eigenvalue weighted by atomic mass is 16.2. The van der Waals surface area contributed by atoms with E-state index in [0.29, 0.717) is 24.0 Å². The van der Waals surface area contributed by atoms with E-state index in [4.69, 9.17) is 4.98 Å². The van der Waals surface area contributed by atoms with E-state index in [0.717, 1.165) is 35.9 Å². The minimum Gasteiger partial charge on any atom is -0.354 e. The smallest absolute Gasteiger partial charge is 0.242 e. The lowest BCUT2D eigenvalue weighted by atomic mass is 10.1. The molecule has 1 aliphatic heterocycles. The molecule has 1 fully saturated rings. The number of rotatable bonds is 3. The van der Waals surface area contributed by atoms with Crippen LogP contribution in [0.5, 0.6) is 0 Å². The number of nitrogens with one attached hydrogen (secondary N) is 3. The third-order valence-electron chi connectivity index (χ3n) is 4.76. The van der Waals surface area contributed by atoms with Crippen molar-refractivity contribution in [1.29, 1.82) is 0 Å². The molecule has 1 aromatic carbocycles. The van der Waals surface area contributed by atoms with E-state index in [2.05, 4.69) is 30.9 Å². The van der Waals surface area contributed by atoms with Crippen LogP contribution in [-0.2, 0) is 4.79 Å². The molecule has 0 saturated carbocycles. The molecule has 9 heteroatoms. The van der Waals surface area contributed by atoms with Gasteiger partial charge in [0.05, 0.1) is 5.52 Å². The summed E-state index contributed by atoms with van der Waals surface area (Å²) in [4.78, 5) is 21.7. The quantitative estimate of drug-likeness (QED) is 0.512. The van der Waals surface area contributed by atoms with Crippen LogP contribution in [0.25, 0.3) is 28.1 Å². The van der Waals surface area contributed by atoms with Gasteiger partial charge in [-0.2, -0.15) is 9.61 Å². The molecule has 1 amide bonds. The molecule has 4 heterocycles. The Morgan fingerprint density at radius 2 is 2.07 bits per heavy atom. The SMILES string of the molecule is O=C1NCCCC[C@H]1Nc1nc2ccccc2c2nc(-c3ccn[nH]3)nn12. The Balaban J connectivity index is 1.66. The zero-order chi connectivity index (χ0) is 18.2. The summed E-state index contributed by atoms with van der Waals surface area (Å²) in [5.41, 5.74) is 2.20. The molecule has 1 saturated heterocycles. The molecule has 3 aromatic heterocycles. The second kappa shape index (κ2) is 6.35. The third-order valence-corrected chi connectivity index (χ3v) is 4.76. The van der Waals surface area contributed by atoms with Gasteiger partial charge in [0.2, 0.25) is 11.9 Å². The van der Waals surface area contributed by atoms with Crippen molar-refractivity contribution in [1.82, 2.24) is 35.1 Å². The van der Waals surface area contributed by atoms with E-state index in [-0.39, 0.29) is 11.9 Å². The van der Waals surface area contributed by atoms with E-state index in [1.807, 2.05) is 30.3 Å². The van der Waals surface area contributed by atoms with Gasteiger partial charge in [0.1, 0.15) is 11.7 Å². The summed E-state index contributed by atoms with van der Waals surface area (Å²) in [6.07, 6.45) is 4.37. The summed E-state index contributed by atoms with van der Waals surface area (Å²) in [6.45, 7) is 0.713. The molecule has 0 radical (unpaired) electrons. The first-order chi connectivity index (χ1) is 13.3. The number of aromatic amines is 1. The molecule has 27 heavy (non-hydrogen) atoms. The van der Waals surface area contributed by atoms with Crippen LogP contribution in [0.3, 0.4) is 0 Å². The number of anilines is 1. The van der Waals surface area contributed by atoms with Crippen molar-refractivity contribution >= 4 is 28.4 Å². The Morgan fingerprint density at radius 1 is 1.15 bits per heavy atom. The fourth-order valence-electron chi connectivity index (χ4n) is 3.38. The highest BCUT2D eigenvalue weighted by Gasteiger charge is 2.23. The fourth-order valence-corrected chi connectivity index (χ4v) is 3.38. The second-order valence-electron chi connectivity index (χ2n) is 6.58. The van der Waals surface area contributed by atoms with E-state index < -0.39 is 0 Å². The first kappa shape index (κ1) is 15.7. The average Bonchev–Trinajstić information content (AvgIpc) is 3.32. The summed E-state index contributed by atoms with van der Waals surface area (Å²) < 4.78 is 1.66. The lowest BCUT2D eigenvalue weighted by molar-refractivity contribution is -0.121. The zero-order valence-corrected chi connectivity index (χ0v) is 14.5. The van der Waals surface area contributed by atoms with Gasteiger partial charge in [0.25, 0.3) is 0 Å². The Bertz CT molecular complexity index is 1120. The van der Waals surface area contributed by atoms with Crippen LogP contribution in [0, 0.1) is 0 Å². The molecule has 0 unspecified atom stereocenters. The van der Waals surface area contributed by atoms with Gasteiger partial charge < -0.3 is 10.6 Å². The number of para-hydroxylation sites is 1. The maximum atomic E-state index is 12.4. The Labute approximate surface area is 154 Å². The molecular weight excluding hydrogens is 344 g/mol. The molecule has 0 spiro atoms. The largest absolute Gasteiger partial charge is 0.354 e. The van der Waals surface area contributed by atoms with Crippen molar-refractivity contribution in [3.63, 3.8) is 0 Å². The molecule has 3 N–H and O–H groups in total. The lowest BCUT2D eigenvalue weighted by Crippen LogP contribution is -2.38. The molecule has 5 rings (SSSR count). The van der Waals surface area contributed by atoms with Crippen molar-refractivity contribution in [2.24, 2.45) is 0 Å². The lowest BCUT2D eigenvalue weighted by Gasteiger charge is -2.16. The molecule has 1 atom stereocenters. The van der Waals surface area contributed by atoms with Crippen LogP contribution < -0.4 is 10.6 Å². The van der Waals surface area contributed by atoms with Gasteiger partial charge >= 0.3 is 0 Å². The number of amides is 1. The summed E-state index contributed by atoms with van der Waals surface area (Å²) in [5, 5.41) is 18.6. The minimum atomic E-state index is -0.343. The second-order valence-corrected chi connectivity index (χ2v) is 6.58. The predicted molar refractivity (Wildman–Crippen MR) is 100 cm³/mol. The summed E-state index contributed by atoms with van der Waals surface area (Å²) >= 11 is 0.